The zero-order chi connectivity index (χ0) is 15.4. The van der Waals surface area contributed by atoms with Gasteiger partial charge in [0.05, 0.1) is 0 Å². The van der Waals surface area contributed by atoms with Crippen molar-refractivity contribution >= 4 is 22.6 Å². The van der Waals surface area contributed by atoms with Gasteiger partial charge in [0, 0.05) is 0 Å². The van der Waals surface area contributed by atoms with E-state index in [9.17, 15) is 0 Å². The van der Waals surface area contributed by atoms with Gasteiger partial charge in [-0.15, -0.1) is 6.58 Å². The molecule has 0 atom stereocenters. The van der Waals surface area contributed by atoms with E-state index in [0.717, 1.165) is 0 Å². The van der Waals surface area contributed by atoms with Gasteiger partial charge in [-0.3, -0.25) is 0 Å². The van der Waals surface area contributed by atoms with E-state index >= 15 is 0 Å². The first-order valence-electron chi connectivity index (χ1n) is 9.58. The largest absolute Gasteiger partial charge is 0.103 e. The summed E-state index contributed by atoms with van der Waals surface area (Å²) < 4.78 is 1.34. The Balaban J connectivity index is 2.91. The van der Waals surface area contributed by atoms with Gasteiger partial charge < -0.3 is 0 Å². The lowest BCUT2D eigenvalue weighted by Crippen LogP contribution is -1.84. The summed E-state index contributed by atoms with van der Waals surface area (Å²) in [5, 5.41) is 0. The standard InChI is InChI=1S/C20H39I/c1-2-3-4-5-6-7-8-9-10-11-12-13-14-15-16-17-18-19-20-21/h2H,1,3-20H2. The van der Waals surface area contributed by atoms with Crippen LogP contribution in [0.3, 0.4) is 0 Å². The molecule has 0 spiro atoms. The van der Waals surface area contributed by atoms with Crippen LogP contribution in [-0.2, 0) is 0 Å². The van der Waals surface area contributed by atoms with Crippen molar-refractivity contribution < 1.29 is 0 Å². The normalized spacial score (nSPS) is 10.9. The molecule has 0 aliphatic carbocycles. The predicted molar refractivity (Wildman–Crippen MR) is 108 cm³/mol. The molecule has 0 nitrogen and oxygen atoms in total. The minimum Gasteiger partial charge on any atom is -0.103 e. The van der Waals surface area contributed by atoms with Crippen molar-refractivity contribution in [2.45, 2.75) is 109 Å². The fourth-order valence-corrected chi connectivity index (χ4v) is 3.40. The molecule has 0 aromatic rings. The lowest BCUT2D eigenvalue weighted by atomic mass is 10.0. The number of hydrogen-bond acceptors (Lipinski definition) is 0. The van der Waals surface area contributed by atoms with Crippen molar-refractivity contribution in [1.82, 2.24) is 0 Å². The Morgan fingerprint density at radius 1 is 0.476 bits per heavy atom. The van der Waals surface area contributed by atoms with Crippen LogP contribution in [0.15, 0.2) is 12.7 Å². The predicted octanol–water partition coefficient (Wildman–Crippen LogP) is 8.24. The van der Waals surface area contributed by atoms with Gasteiger partial charge in [-0.25, -0.2) is 0 Å². The van der Waals surface area contributed by atoms with Gasteiger partial charge in [0.25, 0.3) is 0 Å². The third-order valence-electron chi connectivity index (χ3n) is 4.29. The van der Waals surface area contributed by atoms with Crippen molar-refractivity contribution in [3.05, 3.63) is 12.7 Å². The lowest BCUT2D eigenvalue weighted by Gasteiger charge is -2.03. The Hall–Kier alpha value is 0.470. The van der Waals surface area contributed by atoms with Gasteiger partial charge in [-0.05, 0) is 23.7 Å². The number of unbranched alkanes of at least 4 members (excludes halogenated alkanes) is 16. The highest BCUT2D eigenvalue weighted by Gasteiger charge is 1.94. The van der Waals surface area contributed by atoms with Crippen LogP contribution in [0.4, 0.5) is 0 Å². The number of halogens is 1. The monoisotopic (exact) mass is 406 g/mol. The van der Waals surface area contributed by atoms with E-state index < -0.39 is 0 Å². The topological polar surface area (TPSA) is 0 Å². The first kappa shape index (κ1) is 21.5. The molecular weight excluding hydrogens is 367 g/mol. The Morgan fingerprint density at radius 3 is 1.05 bits per heavy atom. The van der Waals surface area contributed by atoms with E-state index in [0.29, 0.717) is 0 Å². The molecule has 0 aliphatic rings. The second kappa shape index (κ2) is 20.5. The smallest absolute Gasteiger partial charge is 0.000473 e. The molecule has 126 valence electrons. The molecule has 0 N–H and O–H groups in total. The molecule has 0 radical (unpaired) electrons. The van der Waals surface area contributed by atoms with E-state index in [1.54, 1.807) is 0 Å². The Morgan fingerprint density at radius 2 is 0.762 bits per heavy atom. The van der Waals surface area contributed by atoms with Crippen LogP contribution in [-0.4, -0.2) is 4.43 Å². The van der Waals surface area contributed by atoms with Crippen LogP contribution in [0.5, 0.6) is 0 Å². The van der Waals surface area contributed by atoms with Crippen LogP contribution >= 0.6 is 22.6 Å². The summed E-state index contributed by atoms with van der Waals surface area (Å²) in [6, 6.07) is 0. The molecule has 0 rings (SSSR count). The van der Waals surface area contributed by atoms with Crippen molar-refractivity contribution in [3.8, 4) is 0 Å². The van der Waals surface area contributed by atoms with Crippen LogP contribution in [0, 0.1) is 0 Å². The molecular formula is C20H39I. The molecule has 0 aliphatic heterocycles. The Bertz CT molecular complexity index is 188. The maximum absolute atomic E-state index is 3.77. The number of rotatable bonds is 18. The summed E-state index contributed by atoms with van der Waals surface area (Å²) in [6.45, 7) is 3.77. The summed E-state index contributed by atoms with van der Waals surface area (Å²) in [6.07, 6.45) is 26.5. The van der Waals surface area contributed by atoms with Gasteiger partial charge in [-0.2, -0.15) is 0 Å². The van der Waals surface area contributed by atoms with E-state index in [4.69, 9.17) is 0 Å². The highest BCUT2D eigenvalue weighted by molar-refractivity contribution is 14.1. The molecule has 0 heterocycles. The van der Waals surface area contributed by atoms with E-state index in [2.05, 4.69) is 29.2 Å². The zero-order valence-electron chi connectivity index (χ0n) is 14.4. The molecule has 0 fully saturated rings. The maximum atomic E-state index is 3.77. The van der Waals surface area contributed by atoms with Crippen LogP contribution in [0.25, 0.3) is 0 Å². The van der Waals surface area contributed by atoms with E-state index in [-0.39, 0.29) is 0 Å². The molecule has 0 aromatic carbocycles. The second-order valence-electron chi connectivity index (χ2n) is 6.42. The first-order valence-corrected chi connectivity index (χ1v) is 11.1. The summed E-state index contributed by atoms with van der Waals surface area (Å²) >= 11 is 2.49. The Labute approximate surface area is 148 Å². The number of hydrogen-bond donors (Lipinski definition) is 0. The van der Waals surface area contributed by atoms with Crippen molar-refractivity contribution in [3.63, 3.8) is 0 Å². The van der Waals surface area contributed by atoms with Crippen molar-refractivity contribution in [2.24, 2.45) is 0 Å². The SMILES string of the molecule is C=CCCCCCCCCCCCCCCCCCCI. The molecule has 0 unspecified atom stereocenters. The minimum atomic E-state index is 1.21. The quantitative estimate of drug-likeness (QED) is 0.0930. The van der Waals surface area contributed by atoms with Gasteiger partial charge in [-0.1, -0.05) is 119 Å². The number of alkyl halides is 1. The number of allylic oxidation sites excluding steroid dienone is 1. The highest BCUT2D eigenvalue weighted by Crippen LogP contribution is 2.14. The van der Waals surface area contributed by atoms with Crippen molar-refractivity contribution in [2.75, 3.05) is 4.43 Å². The second-order valence-corrected chi connectivity index (χ2v) is 7.50. The summed E-state index contributed by atoms with van der Waals surface area (Å²) in [5.74, 6) is 0. The fourth-order valence-electron chi connectivity index (χ4n) is 2.86. The van der Waals surface area contributed by atoms with Gasteiger partial charge in [0.2, 0.25) is 0 Å². The third kappa shape index (κ3) is 20.5. The molecule has 0 bridgehead atoms. The average Bonchev–Trinajstić information content (AvgIpc) is 2.50. The molecule has 1 heteroatoms. The van der Waals surface area contributed by atoms with Crippen molar-refractivity contribution in [1.29, 1.82) is 0 Å². The Kier molecular flexibility index (Phi) is 20.9. The van der Waals surface area contributed by atoms with Gasteiger partial charge in [0.1, 0.15) is 0 Å². The lowest BCUT2D eigenvalue weighted by molar-refractivity contribution is 0.530. The fraction of sp³-hybridized carbons (Fsp3) is 0.900. The summed E-state index contributed by atoms with van der Waals surface area (Å²) in [7, 11) is 0. The molecule has 0 saturated heterocycles. The van der Waals surface area contributed by atoms with Gasteiger partial charge >= 0.3 is 0 Å². The van der Waals surface area contributed by atoms with E-state index in [1.165, 1.54) is 114 Å². The molecule has 0 amide bonds. The molecule has 0 saturated carbocycles. The minimum absolute atomic E-state index is 1.21. The van der Waals surface area contributed by atoms with E-state index in [1.807, 2.05) is 6.08 Å². The molecule has 21 heavy (non-hydrogen) atoms. The average molecular weight is 406 g/mol. The third-order valence-corrected chi connectivity index (χ3v) is 5.05. The first-order chi connectivity index (χ1) is 10.4. The van der Waals surface area contributed by atoms with Gasteiger partial charge in [0.15, 0.2) is 0 Å². The summed E-state index contributed by atoms with van der Waals surface area (Å²) in [5.41, 5.74) is 0. The molecule has 0 aromatic heterocycles. The van der Waals surface area contributed by atoms with Crippen LogP contribution < -0.4 is 0 Å². The van der Waals surface area contributed by atoms with Crippen LogP contribution in [0.2, 0.25) is 0 Å². The maximum Gasteiger partial charge on any atom is -0.000473 e. The zero-order valence-corrected chi connectivity index (χ0v) is 16.5. The van der Waals surface area contributed by atoms with Crippen LogP contribution in [0.1, 0.15) is 109 Å². The highest BCUT2D eigenvalue weighted by atomic mass is 127. The summed E-state index contributed by atoms with van der Waals surface area (Å²) in [4.78, 5) is 0.